The maximum atomic E-state index is 10.6. The van der Waals surface area contributed by atoms with E-state index in [4.69, 9.17) is 0 Å². The number of thioether (sulfide) groups is 1. The lowest BCUT2D eigenvalue weighted by Gasteiger charge is -2.04. The van der Waals surface area contributed by atoms with Crippen molar-refractivity contribution >= 4 is 17.4 Å². The highest BCUT2D eigenvalue weighted by atomic mass is 32.2. The van der Waals surface area contributed by atoms with Gasteiger partial charge in [0, 0.05) is 24.4 Å². The molecule has 0 amide bonds. The van der Waals surface area contributed by atoms with Crippen LogP contribution in [0.4, 0.5) is 5.69 Å². The first-order chi connectivity index (χ1) is 10.2. The second kappa shape index (κ2) is 7.70. The third kappa shape index (κ3) is 4.50. The molecule has 21 heavy (non-hydrogen) atoms. The smallest absolute Gasteiger partial charge is 0.269 e. The van der Waals surface area contributed by atoms with Crippen LogP contribution < -0.4 is 5.32 Å². The Morgan fingerprint density at radius 2 is 2.14 bits per heavy atom. The van der Waals surface area contributed by atoms with Crippen LogP contribution in [0.15, 0.2) is 29.4 Å². The molecule has 9 heteroatoms. The summed E-state index contributed by atoms with van der Waals surface area (Å²) in [4.78, 5) is 10.2. The first-order valence-corrected chi connectivity index (χ1v) is 7.52. The number of aromatic nitrogens is 4. The lowest BCUT2D eigenvalue weighted by atomic mass is 10.2. The number of hydrogen-bond donors (Lipinski definition) is 1. The molecule has 0 atom stereocenters. The summed E-state index contributed by atoms with van der Waals surface area (Å²) in [6.45, 7) is 4.48. The predicted molar refractivity (Wildman–Crippen MR) is 79.0 cm³/mol. The molecule has 0 aliphatic rings. The minimum absolute atomic E-state index is 0.0965. The maximum Gasteiger partial charge on any atom is 0.269 e. The molecule has 1 aromatic carbocycles. The highest BCUT2D eigenvalue weighted by Gasteiger charge is 2.08. The average molecular weight is 308 g/mol. The molecular weight excluding hydrogens is 292 g/mol. The molecule has 0 saturated heterocycles. The molecule has 0 aliphatic carbocycles. The largest absolute Gasteiger partial charge is 0.315 e. The Kier molecular flexibility index (Phi) is 5.64. The number of benzene rings is 1. The number of hydrogen-bond acceptors (Lipinski definition) is 7. The van der Waals surface area contributed by atoms with E-state index in [2.05, 4.69) is 20.8 Å². The van der Waals surface area contributed by atoms with Crippen LogP contribution in [0.1, 0.15) is 12.5 Å². The number of non-ortho nitro benzene ring substituents is 1. The van der Waals surface area contributed by atoms with Crippen LogP contribution in [0, 0.1) is 10.1 Å². The zero-order valence-corrected chi connectivity index (χ0v) is 12.4. The van der Waals surface area contributed by atoms with Gasteiger partial charge in [-0.2, -0.15) is 0 Å². The third-order valence-corrected chi connectivity index (χ3v) is 3.79. The topological polar surface area (TPSA) is 98.8 Å². The van der Waals surface area contributed by atoms with Gasteiger partial charge in [-0.15, -0.1) is 5.10 Å². The first kappa shape index (κ1) is 15.4. The van der Waals surface area contributed by atoms with Gasteiger partial charge in [0.05, 0.1) is 11.5 Å². The summed E-state index contributed by atoms with van der Waals surface area (Å²) >= 11 is 1.51. The second-order valence-electron chi connectivity index (χ2n) is 4.25. The van der Waals surface area contributed by atoms with E-state index in [0.29, 0.717) is 12.3 Å². The van der Waals surface area contributed by atoms with E-state index in [1.165, 1.54) is 23.9 Å². The van der Waals surface area contributed by atoms with Crippen LogP contribution in [-0.2, 0) is 12.3 Å². The molecule has 0 saturated carbocycles. The van der Waals surface area contributed by atoms with Crippen LogP contribution in [0.5, 0.6) is 0 Å². The summed E-state index contributed by atoms with van der Waals surface area (Å²) in [7, 11) is 0. The van der Waals surface area contributed by atoms with Gasteiger partial charge in [0.15, 0.2) is 0 Å². The summed E-state index contributed by atoms with van der Waals surface area (Å²) in [6, 6.07) is 6.50. The Morgan fingerprint density at radius 3 is 2.81 bits per heavy atom. The van der Waals surface area contributed by atoms with Crippen molar-refractivity contribution in [2.45, 2.75) is 24.4 Å². The fraction of sp³-hybridized carbons (Fsp3) is 0.417. The molecule has 0 bridgehead atoms. The van der Waals surface area contributed by atoms with Gasteiger partial charge in [-0.1, -0.05) is 30.8 Å². The van der Waals surface area contributed by atoms with Crippen molar-refractivity contribution in [3.8, 4) is 0 Å². The summed E-state index contributed by atoms with van der Waals surface area (Å²) in [5.74, 6) is 0.666. The molecule has 8 nitrogen and oxygen atoms in total. The second-order valence-corrected chi connectivity index (χ2v) is 5.19. The number of tetrazole rings is 1. The summed E-state index contributed by atoms with van der Waals surface area (Å²) in [5.41, 5.74) is 1.09. The highest BCUT2D eigenvalue weighted by molar-refractivity contribution is 7.98. The quantitative estimate of drug-likeness (QED) is 0.341. The van der Waals surface area contributed by atoms with Gasteiger partial charge in [-0.05, 0) is 22.5 Å². The van der Waals surface area contributed by atoms with E-state index in [-0.39, 0.29) is 5.69 Å². The van der Waals surface area contributed by atoms with Gasteiger partial charge < -0.3 is 5.32 Å². The predicted octanol–water partition coefficient (Wildman–Crippen LogP) is 1.48. The summed E-state index contributed by atoms with van der Waals surface area (Å²) < 4.78 is 1.75. The van der Waals surface area contributed by atoms with Gasteiger partial charge in [0.1, 0.15) is 0 Å². The number of nitrogens with one attached hydrogen (secondary N) is 1. The molecule has 1 aromatic heterocycles. The number of nitro benzene ring substituents is 1. The van der Waals surface area contributed by atoms with Crippen LogP contribution >= 0.6 is 11.8 Å². The molecule has 0 unspecified atom stereocenters. The van der Waals surface area contributed by atoms with Crippen molar-refractivity contribution in [2.75, 3.05) is 13.1 Å². The van der Waals surface area contributed by atoms with Crippen molar-refractivity contribution in [3.05, 3.63) is 39.9 Å². The highest BCUT2D eigenvalue weighted by Crippen LogP contribution is 2.21. The van der Waals surface area contributed by atoms with Gasteiger partial charge in [0.25, 0.3) is 5.69 Å². The van der Waals surface area contributed by atoms with Crippen LogP contribution in [-0.4, -0.2) is 38.2 Å². The normalized spacial score (nSPS) is 10.7. The van der Waals surface area contributed by atoms with Crippen LogP contribution in [0.25, 0.3) is 0 Å². The van der Waals surface area contributed by atoms with Crippen LogP contribution in [0.3, 0.4) is 0 Å². The SMILES string of the molecule is CCNCCn1nnnc1SCc1ccc([N+](=O)[O-])cc1. The fourth-order valence-electron chi connectivity index (χ4n) is 1.66. The average Bonchev–Trinajstić information content (AvgIpc) is 2.93. The van der Waals surface area contributed by atoms with E-state index in [0.717, 1.165) is 23.8 Å². The van der Waals surface area contributed by atoms with Crippen molar-refractivity contribution in [3.63, 3.8) is 0 Å². The molecule has 1 heterocycles. The standard InChI is InChI=1S/C12H16N6O2S/c1-2-13-7-8-17-12(14-15-16-17)21-9-10-3-5-11(6-4-10)18(19)20/h3-6,13H,2,7-9H2,1H3. The monoisotopic (exact) mass is 308 g/mol. The zero-order valence-electron chi connectivity index (χ0n) is 11.6. The molecular formula is C12H16N6O2S. The van der Waals surface area contributed by atoms with Crippen molar-refractivity contribution in [1.29, 1.82) is 0 Å². The fourth-order valence-corrected chi connectivity index (χ4v) is 2.52. The molecule has 0 fully saturated rings. The number of nitro groups is 1. The maximum absolute atomic E-state index is 10.6. The van der Waals surface area contributed by atoms with E-state index in [1.807, 2.05) is 6.92 Å². The zero-order chi connectivity index (χ0) is 15.1. The van der Waals surface area contributed by atoms with Gasteiger partial charge in [-0.3, -0.25) is 10.1 Å². The summed E-state index contributed by atoms with van der Waals surface area (Å²) in [6.07, 6.45) is 0. The van der Waals surface area contributed by atoms with Gasteiger partial charge >= 0.3 is 0 Å². The number of nitrogens with zero attached hydrogens (tertiary/aromatic N) is 5. The molecule has 0 aliphatic heterocycles. The number of rotatable bonds is 8. The molecule has 0 spiro atoms. The van der Waals surface area contributed by atoms with Gasteiger partial charge in [-0.25, -0.2) is 4.68 Å². The minimum atomic E-state index is -0.405. The third-order valence-electron chi connectivity index (χ3n) is 2.76. The lowest BCUT2D eigenvalue weighted by molar-refractivity contribution is -0.384. The minimum Gasteiger partial charge on any atom is -0.315 e. The van der Waals surface area contributed by atoms with Crippen LogP contribution in [0.2, 0.25) is 0 Å². The van der Waals surface area contributed by atoms with Crippen molar-refractivity contribution in [1.82, 2.24) is 25.5 Å². The first-order valence-electron chi connectivity index (χ1n) is 6.53. The summed E-state index contributed by atoms with van der Waals surface area (Å²) in [5, 5.41) is 26.2. The molecule has 112 valence electrons. The number of likely N-dealkylation sites (N-methyl/N-ethyl adjacent to an activating group) is 1. The molecule has 0 radical (unpaired) electrons. The Bertz CT molecular complexity index is 586. The molecule has 2 rings (SSSR count). The Balaban J connectivity index is 1.90. The van der Waals surface area contributed by atoms with E-state index in [1.54, 1.807) is 16.8 Å². The Labute approximate surface area is 126 Å². The van der Waals surface area contributed by atoms with Crippen molar-refractivity contribution < 1.29 is 4.92 Å². The van der Waals surface area contributed by atoms with E-state index < -0.39 is 4.92 Å². The Hall–Kier alpha value is -2.00. The lowest BCUT2D eigenvalue weighted by Crippen LogP contribution is -2.20. The van der Waals surface area contributed by atoms with E-state index in [9.17, 15) is 10.1 Å². The molecule has 1 N–H and O–H groups in total. The van der Waals surface area contributed by atoms with E-state index >= 15 is 0 Å². The van der Waals surface area contributed by atoms with Gasteiger partial charge in [0.2, 0.25) is 5.16 Å². The Morgan fingerprint density at radius 1 is 1.38 bits per heavy atom. The van der Waals surface area contributed by atoms with Crippen molar-refractivity contribution in [2.24, 2.45) is 0 Å². The molecule has 2 aromatic rings.